The molecule has 5 heteroatoms. The number of aromatic nitrogens is 2. The molecular formula is C19H23N3O2. The molecule has 2 N–H and O–H groups in total. The molecule has 0 aliphatic heterocycles. The fraction of sp³-hybridized carbons (Fsp3) is 0.421. The third-order valence-electron chi connectivity index (χ3n) is 4.68. The summed E-state index contributed by atoms with van der Waals surface area (Å²) in [5.74, 6) is 0.702. The van der Waals surface area contributed by atoms with Gasteiger partial charge in [0.2, 0.25) is 0 Å². The quantitative estimate of drug-likeness (QED) is 0.875. The molecule has 1 fully saturated rings. The summed E-state index contributed by atoms with van der Waals surface area (Å²) >= 11 is 0. The molecule has 1 saturated carbocycles. The third-order valence-corrected chi connectivity index (χ3v) is 4.68. The van der Waals surface area contributed by atoms with Crippen molar-refractivity contribution < 1.29 is 9.90 Å². The van der Waals surface area contributed by atoms with E-state index in [-0.39, 0.29) is 11.8 Å². The number of nitrogens with one attached hydrogen (secondary N) is 1. The Labute approximate surface area is 142 Å². The number of benzene rings is 1. The van der Waals surface area contributed by atoms with Gasteiger partial charge in [0.1, 0.15) is 11.6 Å². The molecule has 1 aromatic heterocycles. The van der Waals surface area contributed by atoms with Crippen LogP contribution in [0.15, 0.2) is 36.4 Å². The SMILES string of the molecule is Cc1nc(NC[C@@H]2CCCC[C@@H]2C(=O)O)cc(-c2ccccc2)n1. The van der Waals surface area contributed by atoms with E-state index in [9.17, 15) is 9.90 Å². The van der Waals surface area contributed by atoms with Crippen LogP contribution in [0.5, 0.6) is 0 Å². The molecule has 0 saturated heterocycles. The number of carboxylic acid groups (broad SMARTS) is 1. The van der Waals surface area contributed by atoms with Crippen LogP contribution >= 0.6 is 0 Å². The van der Waals surface area contributed by atoms with Gasteiger partial charge < -0.3 is 10.4 Å². The van der Waals surface area contributed by atoms with Crippen molar-refractivity contribution in [2.24, 2.45) is 11.8 Å². The molecule has 5 nitrogen and oxygen atoms in total. The predicted octanol–water partition coefficient (Wildman–Crippen LogP) is 3.75. The van der Waals surface area contributed by atoms with Crippen molar-refractivity contribution in [1.29, 1.82) is 0 Å². The average molecular weight is 325 g/mol. The fourth-order valence-electron chi connectivity index (χ4n) is 3.43. The van der Waals surface area contributed by atoms with E-state index in [1.807, 2.05) is 43.3 Å². The predicted molar refractivity (Wildman–Crippen MR) is 93.8 cm³/mol. The third kappa shape index (κ3) is 3.91. The van der Waals surface area contributed by atoms with Crippen molar-refractivity contribution in [2.75, 3.05) is 11.9 Å². The highest BCUT2D eigenvalue weighted by Crippen LogP contribution is 2.30. The summed E-state index contributed by atoms with van der Waals surface area (Å²) in [5, 5.41) is 12.7. The molecule has 0 amide bonds. The molecule has 0 bridgehead atoms. The Kier molecular flexibility index (Phi) is 5.08. The highest BCUT2D eigenvalue weighted by atomic mass is 16.4. The second kappa shape index (κ2) is 7.43. The highest BCUT2D eigenvalue weighted by Gasteiger charge is 2.30. The Bertz CT molecular complexity index is 703. The molecule has 2 atom stereocenters. The molecule has 3 rings (SSSR count). The van der Waals surface area contributed by atoms with Crippen LogP contribution in [0.4, 0.5) is 5.82 Å². The minimum Gasteiger partial charge on any atom is -0.481 e. The number of hydrogen-bond acceptors (Lipinski definition) is 4. The Morgan fingerprint density at radius 1 is 1.21 bits per heavy atom. The van der Waals surface area contributed by atoms with Gasteiger partial charge in [-0.2, -0.15) is 0 Å². The Balaban J connectivity index is 1.73. The first kappa shape index (κ1) is 16.4. The van der Waals surface area contributed by atoms with Crippen LogP contribution in [-0.4, -0.2) is 27.6 Å². The highest BCUT2D eigenvalue weighted by molar-refractivity contribution is 5.70. The number of aryl methyl sites for hydroxylation is 1. The van der Waals surface area contributed by atoms with Crippen LogP contribution in [0.1, 0.15) is 31.5 Å². The van der Waals surface area contributed by atoms with Gasteiger partial charge in [0.25, 0.3) is 0 Å². The number of anilines is 1. The summed E-state index contributed by atoms with van der Waals surface area (Å²) in [5.41, 5.74) is 1.93. The van der Waals surface area contributed by atoms with E-state index >= 15 is 0 Å². The maximum absolute atomic E-state index is 11.4. The number of carboxylic acids is 1. The number of nitrogens with zero attached hydrogens (tertiary/aromatic N) is 2. The van der Waals surface area contributed by atoms with Gasteiger partial charge in [0, 0.05) is 18.2 Å². The summed E-state index contributed by atoms with van der Waals surface area (Å²) in [6.07, 6.45) is 3.85. The van der Waals surface area contributed by atoms with Crippen LogP contribution in [0.2, 0.25) is 0 Å². The molecule has 1 aliphatic rings. The molecule has 0 radical (unpaired) electrons. The van der Waals surface area contributed by atoms with Gasteiger partial charge in [-0.1, -0.05) is 43.2 Å². The summed E-state index contributed by atoms with van der Waals surface area (Å²) < 4.78 is 0. The van der Waals surface area contributed by atoms with Crippen molar-refractivity contribution in [2.45, 2.75) is 32.6 Å². The molecule has 0 unspecified atom stereocenters. The molecular weight excluding hydrogens is 302 g/mol. The van der Waals surface area contributed by atoms with Gasteiger partial charge in [0.05, 0.1) is 11.6 Å². The van der Waals surface area contributed by atoms with E-state index < -0.39 is 5.97 Å². The van der Waals surface area contributed by atoms with Gasteiger partial charge in [0.15, 0.2) is 0 Å². The first-order valence-electron chi connectivity index (χ1n) is 8.51. The zero-order chi connectivity index (χ0) is 16.9. The van der Waals surface area contributed by atoms with Crippen molar-refractivity contribution in [3.8, 4) is 11.3 Å². The second-order valence-electron chi connectivity index (χ2n) is 6.42. The summed E-state index contributed by atoms with van der Waals surface area (Å²) in [6.45, 7) is 2.51. The lowest BCUT2D eigenvalue weighted by atomic mass is 9.79. The van der Waals surface area contributed by atoms with Crippen LogP contribution in [0, 0.1) is 18.8 Å². The van der Waals surface area contributed by atoms with Crippen LogP contribution in [0.3, 0.4) is 0 Å². The zero-order valence-corrected chi connectivity index (χ0v) is 13.9. The van der Waals surface area contributed by atoms with Gasteiger partial charge in [-0.3, -0.25) is 4.79 Å². The van der Waals surface area contributed by atoms with Crippen molar-refractivity contribution in [1.82, 2.24) is 9.97 Å². The van der Waals surface area contributed by atoms with Crippen LogP contribution < -0.4 is 5.32 Å². The van der Waals surface area contributed by atoms with E-state index in [0.29, 0.717) is 12.4 Å². The summed E-state index contributed by atoms with van der Waals surface area (Å²) in [4.78, 5) is 20.4. The van der Waals surface area contributed by atoms with Gasteiger partial charge >= 0.3 is 5.97 Å². The van der Waals surface area contributed by atoms with Gasteiger partial charge in [-0.25, -0.2) is 9.97 Å². The minimum atomic E-state index is -0.676. The standard InChI is InChI=1S/C19H23N3O2/c1-13-21-17(14-7-3-2-4-8-14)11-18(22-13)20-12-15-9-5-6-10-16(15)19(23)24/h2-4,7-8,11,15-16H,5-6,9-10,12H2,1H3,(H,23,24)(H,20,21,22)/t15-,16-/m0/s1. The first-order valence-corrected chi connectivity index (χ1v) is 8.51. The molecule has 126 valence electrons. The van der Waals surface area contributed by atoms with Crippen LogP contribution in [-0.2, 0) is 4.79 Å². The lowest BCUT2D eigenvalue weighted by Gasteiger charge is -2.28. The molecule has 24 heavy (non-hydrogen) atoms. The lowest BCUT2D eigenvalue weighted by Crippen LogP contribution is -2.31. The number of carbonyl (C=O) groups is 1. The molecule has 2 aromatic rings. The molecule has 0 spiro atoms. The van der Waals surface area contributed by atoms with E-state index in [1.54, 1.807) is 0 Å². The maximum Gasteiger partial charge on any atom is 0.306 e. The van der Waals surface area contributed by atoms with Gasteiger partial charge in [-0.05, 0) is 25.7 Å². The number of rotatable bonds is 5. The fourth-order valence-corrected chi connectivity index (χ4v) is 3.43. The summed E-state index contributed by atoms with van der Waals surface area (Å²) in [6, 6.07) is 11.9. The van der Waals surface area contributed by atoms with E-state index in [2.05, 4.69) is 15.3 Å². The normalized spacial score (nSPS) is 20.5. The maximum atomic E-state index is 11.4. The Morgan fingerprint density at radius 2 is 1.96 bits per heavy atom. The second-order valence-corrected chi connectivity index (χ2v) is 6.42. The van der Waals surface area contributed by atoms with Crippen molar-refractivity contribution >= 4 is 11.8 Å². The largest absolute Gasteiger partial charge is 0.481 e. The smallest absolute Gasteiger partial charge is 0.306 e. The van der Waals surface area contributed by atoms with E-state index in [1.165, 1.54) is 0 Å². The zero-order valence-electron chi connectivity index (χ0n) is 13.9. The monoisotopic (exact) mass is 325 g/mol. The lowest BCUT2D eigenvalue weighted by molar-refractivity contribution is -0.144. The average Bonchev–Trinajstić information content (AvgIpc) is 2.60. The van der Waals surface area contributed by atoms with Crippen molar-refractivity contribution in [3.63, 3.8) is 0 Å². The number of hydrogen-bond donors (Lipinski definition) is 2. The molecule has 1 aliphatic carbocycles. The van der Waals surface area contributed by atoms with E-state index in [0.717, 1.165) is 42.8 Å². The minimum absolute atomic E-state index is 0.159. The Hall–Kier alpha value is -2.43. The molecule has 1 aromatic carbocycles. The first-order chi connectivity index (χ1) is 11.6. The van der Waals surface area contributed by atoms with E-state index in [4.69, 9.17) is 0 Å². The summed E-state index contributed by atoms with van der Waals surface area (Å²) in [7, 11) is 0. The van der Waals surface area contributed by atoms with Crippen molar-refractivity contribution in [3.05, 3.63) is 42.2 Å². The number of aliphatic carboxylic acids is 1. The van der Waals surface area contributed by atoms with Crippen LogP contribution in [0.25, 0.3) is 11.3 Å². The van der Waals surface area contributed by atoms with Gasteiger partial charge in [-0.15, -0.1) is 0 Å². The molecule has 1 heterocycles. The topological polar surface area (TPSA) is 75.1 Å². The Morgan fingerprint density at radius 3 is 2.71 bits per heavy atom.